The van der Waals surface area contributed by atoms with Gasteiger partial charge in [0.05, 0.1) is 17.8 Å². The van der Waals surface area contributed by atoms with E-state index >= 15 is 0 Å². The van der Waals surface area contributed by atoms with Crippen molar-refractivity contribution in [3.8, 4) is 0 Å². The maximum absolute atomic E-state index is 13.3. The first kappa shape index (κ1) is 21.2. The van der Waals surface area contributed by atoms with E-state index in [1.807, 2.05) is 15.9 Å². The zero-order valence-corrected chi connectivity index (χ0v) is 18.3. The lowest BCUT2D eigenvalue weighted by molar-refractivity contribution is -0.133. The smallest absolute Gasteiger partial charge is 0.292 e. The molecule has 0 unspecified atom stereocenters. The minimum absolute atomic E-state index is 0.0280. The molecule has 6 nitrogen and oxygen atoms in total. The Morgan fingerprint density at radius 2 is 1.81 bits per heavy atom. The predicted octanol–water partition coefficient (Wildman–Crippen LogP) is 4.66. The van der Waals surface area contributed by atoms with Crippen LogP contribution in [-0.2, 0) is 11.3 Å². The summed E-state index contributed by atoms with van der Waals surface area (Å²) in [6, 6.07) is 8.07. The van der Waals surface area contributed by atoms with E-state index in [4.69, 9.17) is 4.52 Å². The highest BCUT2D eigenvalue weighted by molar-refractivity contribution is 5.92. The number of amides is 2. The summed E-state index contributed by atoms with van der Waals surface area (Å²) >= 11 is 0. The first-order valence-corrected chi connectivity index (χ1v) is 11.9. The van der Waals surface area contributed by atoms with Crippen molar-refractivity contribution < 1.29 is 18.5 Å². The van der Waals surface area contributed by atoms with Crippen LogP contribution < -0.4 is 0 Å². The Morgan fingerprint density at radius 3 is 2.59 bits per heavy atom. The van der Waals surface area contributed by atoms with E-state index in [9.17, 15) is 14.0 Å². The summed E-state index contributed by atoms with van der Waals surface area (Å²) in [5, 5.41) is 4.23. The Morgan fingerprint density at radius 1 is 1.03 bits per heavy atom. The number of benzene rings is 1. The molecule has 7 heteroatoms. The van der Waals surface area contributed by atoms with Gasteiger partial charge in [0.25, 0.3) is 5.91 Å². The molecule has 3 heterocycles. The van der Waals surface area contributed by atoms with E-state index in [-0.39, 0.29) is 29.7 Å². The molecule has 2 aliphatic heterocycles. The Labute approximate surface area is 187 Å². The summed E-state index contributed by atoms with van der Waals surface area (Å²) in [6.07, 6.45) is 8.66. The zero-order valence-electron chi connectivity index (χ0n) is 18.3. The summed E-state index contributed by atoms with van der Waals surface area (Å²) in [7, 11) is 0. The number of nitrogens with zero attached hydrogens (tertiary/aromatic N) is 3. The van der Waals surface area contributed by atoms with Crippen molar-refractivity contribution in [2.45, 2.75) is 82.3 Å². The van der Waals surface area contributed by atoms with E-state index in [1.165, 1.54) is 31.4 Å². The van der Waals surface area contributed by atoms with Gasteiger partial charge < -0.3 is 14.3 Å². The minimum Gasteiger partial charge on any atom is -0.351 e. The molecule has 3 fully saturated rings. The average Bonchev–Trinajstić information content (AvgIpc) is 3.44. The molecule has 0 N–H and O–H groups in total. The number of likely N-dealkylation sites (tertiary alicyclic amines) is 2. The number of halogens is 1. The monoisotopic (exact) mass is 439 g/mol. The van der Waals surface area contributed by atoms with Crippen LogP contribution in [0.5, 0.6) is 0 Å². The van der Waals surface area contributed by atoms with Gasteiger partial charge >= 0.3 is 0 Å². The Kier molecular flexibility index (Phi) is 5.98. The van der Waals surface area contributed by atoms with Crippen LogP contribution in [0, 0.1) is 5.82 Å². The fourth-order valence-electron chi connectivity index (χ4n) is 5.71. The van der Waals surface area contributed by atoms with Crippen LogP contribution in [0.2, 0.25) is 0 Å². The highest BCUT2D eigenvalue weighted by Crippen LogP contribution is 2.35. The molecule has 2 saturated heterocycles. The molecule has 1 aliphatic carbocycles. The lowest BCUT2D eigenvalue weighted by Gasteiger charge is -2.33. The Hall–Kier alpha value is -2.70. The molecule has 3 aliphatic rings. The van der Waals surface area contributed by atoms with Gasteiger partial charge in [-0.15, -0.1) is 0 Å². The second-order valence-corrected chi connectivity index (χ2v) is 9.41. The summed E-state index contributed by atoms with van der Waals surface area (Å²) in [6.45, 7) is 1.04. The minimum atomic E-state index is -0.286. The van der Waals surface area contributed by atoms with E-state index in [0.29, 0.717) is 31.2 Å². The normalized spacial score (nSPS) is 24.5. The van der Waals surface area contributed by atoms with Crippen molar-refractivity contribution in [2.24, 2.45) is 0 Å². The fourth-order valence-corrected chi connectivity index (χ4v) is 5.71. The second kappa shape index (κ2) is 9.04. The molecular formula is C25H30FN3O3. The molecule has 0 radical (unpaired) electrons. The third kappa shape index (κ3) is 4.17. The van der Waals surface area contributed by atoms with Gasteiger partial charge in [-0.1, -0.05) is 36.6 Å². The number of carbonyl (C=O) groups is 2. The number of aromatic nitrogens is 1. The summed E-state index contributed by atoms with van der Waals surface area (Å²) in [4.78, 5) is 30.0. The fraction of sp³-hybridized carbons (Fsp3) is 0.560. The van der Waals surface area contributed by atoms with Crippen molar-refractivity contribution in [2.75, 3.05) is 6.54 Å². The van der Waals surface area contributed by atoms with Crippen LogP contribution in [0.1, 0.15) is 85.5 Å². The summed E-state index contributed by atoms with van der Waals surface area (Å²) in [5.74, 6) is 0.401. The van der Waals surface area contributed by atoms with E-state index in [1.54, 1.807) is 12.1 Å². The number of hydrogen-bond acceptors (Lipinski definition) is 4. The number of rotatable bonds is 4. The van der Waals surface area contributed by atoms with Crippen LogP contribution in [0.3, 0.4) is 0 Å². The van der Waals surface area contributed by atoms with Gasteiger partial charge in [0.2, 0.25) is 11.7 Å². The van der Waals surface area contributed by atoms with Gasteiger partial charge in [0.1, 0.15) is 5.82 Å². The molecule has 1 aromatic heterocycles. The molecule has 2 amide bonds. The average molecular weight is 440 g/mol. The van der Waals surface area contributed by atoms with Crippen molar-refractivity contribution in [1.82, 2.24) is 15.0 Å². The van der Waals surface area contributed by atoms with Gasteiger partial charge in [-0.2, -0.15) is 0 Å². The number of fused-ring (bicyclic) bond motifs is 1. The van der Waals surface area contributed by atoms with Gasteiger partial charge in [0.15, 0.2) is 0 Å². The largest absolute Gasteiger partial charge is 0.351 e. The predicted molar refractivity (Wildman–Crippen MR) is 116 cm³/mol. The van der Waals surface area contributed by atoms with Gasteiger partial charge in [-0.3, -0.25) is 9.59 Å². The Balaban J connectivity index is 1.32. The zero-order chi connectivity index (χ0) is 22.1. The van der Waals surface area contributed by atoms with Crippen molar-refractivity contribution >= 4 is 11.8 Å². The Bertz CT molecular complexity index is 967. The van der Waals surface area contributed by atoms with Crippen molar-refractivity contribution in [3.05, 3.63) is 53.2 Å². The lowest BCUT2D eigenvalue weighted by atomic mass is 9.87. The van der Waals surface area contributed by atoms with Crippen molar-refractivity contribution in [1.29, 1.82) is 0 Å². The maximum Gasteiger partial charge on any atom is 0.292 e. The molecule has 32 heavy (non-hydrogen) atoms. The molecular weight excluding hydrogens is 409 g/mol. The molecule has 1 aromatic carbocycles. The summed E-state index contributed by atoms with van der Waals surface area (Å²) in [5.41, 5.74) is 1.80. The molecule has 1 saturated carbocycles. The molecule has 2 atom stereocenters. The molecule has 2 aromatic rings. The van der Waals surface area contributed by atoms with Gasteiger partial charge in [0, 0.05) is 31.5 Å². The first-order valence-electron chi connectivity index (χ1n) is 11.9. The van der Waals surface area contributed by atoms with Gasteiger partial charge in [-0.05, 0) is 49.8 Å². The highest BCUT2D eigenvalue weighted by atomic mass is 19.1. The maximum atomic E-state index is 13.3. The van der Waals surface area contributed by atoms with E-state index in [2.05, 4.69) is 5.16 Å². The van der Waals surface area contributed by atoms with Crippen LogP contribution >= 0.6 is 0 Å². The SMILES string of the molecule is O=C1CCC[C@@H]2[C@@H](CCN2C(=O)c2cc(C3CCCCC3)no2)N1Cc1ccc(F)cc1. The van der Waals surface area contributed by atoms with Crippen LogP contribution in [-0.4, -0.2) is 45.4 Å². The van der Waals surface area contributed by atoms with Crippen molar-refractivity contribution in [3.63, 3.8) is 0 Å². The second-order valence-electron chi connectivity index (χ2n) is 9.41. The van der Waals surface area contributed by atoms with E-state index in [0.717, 1.165) is 43.4 Å². The molecule has 0 spiro atoms. The molecule has 5 rings (SSSR count). The highest BCUT2D eigenvalue weighted by Gasteiger charge is 2.44. The molecule has 170 valence electrons. The number of hydrogen-bond donors (Lipinski definition) is 0. The van der Waals surface area contributed by atoms with Crippen LogP contribution in [0.25, 0.3) is 0 Å². The molecule has 0 bridgehead atoms. The topological polar surface area (TPSA) is 66.7 Å². The van der Waals surface area contributed by atoms with Gasteiger partial charge in [-0.25, -0.2) is 4.39 Å². The third-order valence-electron chi connectivity index (χ3n) is 7.41. The standard InChI is InChI=1S/C25H30FN3O3/c26-19-11-9-17(10-12-19)16-29-22-13-14-28(21(22)7-4-8-24(29)30)25(31)23-15-20(27-32-23)18-5-2-1-3-6-18/h9-12,15,18,21-22H,1-8,13-14,16H2/t21-,22-/m1/s1. The summed E-state index contributed by atoms with van der Waals surface area (Å²) < 4.78 is 18.8. The first-order chi connectivity index (χ1) is 15.6. The van der Waals surface area contributed by atoms with Crippen LogP contribution in [0.4, 0.5) is 4.39 Å². The quantitative estimate of drug-likeness (QED) is 0.695. The third-order valence-corrected chi connectivity index (χ3v) is 7.41. The van der Waals surface area contributed by atoms with E-state index < -0.39 is 0 Å². The lowest BCUT2D eigenvalue weighted by Crippen LogP contribution is -2.47. The number of carbonyl (C=O) groups excluding carboxylic acids is 2. The van der Waals surface area contributed by atoms with Crippen LogP contribution in [0.15, 0.2) is 34.9 Å².